The van der Waals surface area contributed by atoms with Crippen LogP contribution in [0.1, 0.15) is 72.1 Å². The lowest BCUT2D eigenvalue weighted by molar-refractivity contribution is -0.148. The molecule has 0 aromatic heterocycles. The van der Waals surface area contributed by atoms with Crippen LogP contribution in [0.2, 0.25) is 0 Å². The quantitative estimate of drug-likeness (QED) is 0.791. The van der Waals surface area contributed by atoms with Crippen molar-refractivity contribution in [2.45, 2.75) is 77.7 Å². The van der Waals surface area contributed by atoms with E-state index in [1.807, 2.05) is 0 Å². The fourth-order valence-corrected chi connectivity index (χ4v) is 4.45. The fraction of sp³-hybridized carbons (Fsp3) is 1.00. The molecule has 2 aliphatic carbocycles. The molecule has 2 rings (SSSR count). The van der Waals surface area contributed by atoms with E-state index in [1.54, 1.807) is 0 Å². The van der Waals surface area contributed by atoms with Crippen molar-refractivity contribution in [2.24, 2.45) is 22.5 Å². The van der Waals surface area contributed by atoms with Crippen LogP contribution in [-0.2, 0) is 0 Å². The van der Waals surface area contributed by atoms with E-state index in [1.165, 1.54) is 19.3 Å². The Morgan fingerprint density at radius 3 is 2.22 bits per heavy atom. The van der Waals surface area contributed by atoms with Crippen molar-refractivity contribution in [2.75, 3.05) is 6.54 Å². The van der Waals surface area contributed by atoms with Crippen LogP contribution in [0, 0.1) is 16.7 Å². The van der Waals surface area contributed by atoms with Gasteiger partial charge >= 0.3 is 0 Å². The van der Waals surface area contributed by atoms with Gasteiger partial charge in [0.1, 0.15) is 0 Å². The van der Waals surface area contributed by atoms with E-state index in [4.69, 9.17) is 5.73 Å². The second-order valence-corrected chi connectivity index (χ2v) is 7.89. The average molecular weight is 253 g/mol. The van der Waals surface area contributed by atoms with E-state index in [0.29, 0.717) is 6.54 Å². The number of nitrogens with two attached hydrogens (primary N) is 1. The summed E-state index contributed by atoms with van der Waals surface area (Å²) in [4.78, 5) is 0. The SMILES string of the molecule is CC1CCC(CN)(C2(O)CCCC(C)(C)C2)CC1. The normalized spacial score (nSPS) is 44.8. The van der Waals surface area contributed by atoms with Gasteiger partial charge in [-0.15, -0.1) is 0 Å². The van der Waals surface area contributed by atoms with Gasteiger partial charge in [0.25, 0.3) is 0 Å². The van der Waals surface area contributed by atoms with Crippen molar-refractivity contribution in [3.63, 3.8) is 0 Å². The Morgan fingerprint density at radius 2 is 1.72 bits per heavy atom. The molecule has 2 aliphatic rings. The lowest BCUT2D eigenvalue weighted by atomic mass is 9.54. The molecule has 2 saturated carbocycles. The zero-order chi connectivity index (χ0) is 13.4. The van der Waals surface area contributed by atoms with E-state index in [2.05, 4.69) is 20.8 Å². The van der Waals surface area contributed by atoms with Crippen LogP contribution in [-0.4, -0.2) is 17.3 Å². The lowest BCUT2D eigenvalue weighted by Gasteiger charge is -2.55. The van der Waals surface area contributed by atoms with Gasteiger partial charge in [-0.25, -0.2) is 0 Å². The molecular weight excluding hydrogens is 222 g/mol. The molecule has 3 N–H and O–H groups in total. The molecule has 2 fully saturated rings. The van der Waals surface area contributed by atoms with Gasteiger partial charge in [0.05, 0.1) is 5.60 Å². The van der Waals surface area contributed by atoms with Gasteiger partial charge in [-0.3, -0.25) is 0 Å². The minimum Gasteiger partial charge on any atom is -0.389 e. The van der Waals surface area contributed by atoms with E-state index in [-0.39, 0.29) is 10.8 Å². The van der Waals surface area contributed by atoms with E-state index in [9.17, 15) is 5.11 Å². The van der Waals surface area contributed by atoms with Crippen LogP contribution < -0.4 is 5.73 Å². The van der Waals surface area contributed by atoms with Crippen molar-refractivity contribution in [1.29, 1.82) is 0 Å². The fourth-order valence-electron chi connectivity index (χ4n) is 4.45. The Bertz CT molecular complexity index is 291. The average Bonchev–Trinajstić information content (AvgIpc) is 2.28. The Balaban J connectivity index is 2.20. The Kier molecular flexibility index (Phi) is 3.81. The summed E-state index contributed by atoms with van der Waals surface area (Å²) < 4.78 is 0. The molecule has 1 unspecified atom stereocenters. The van der Waals surface area contributed by atoms with Gasteiger partial charge in [0.15, 0.2) is 0 Å². The first-order valence-corrected chi connectivity index (χ1v) is 7.75. The van der Waals surface area contributed by atoms with Crippen molar-refractivity contribution in [3.8, 4) is 0 Å². The maximum absolute atomic E-state index is 11.3. The number of rotatable bonds is 2. The van der Waals surface area contributed by atoms with Crippen LogP contribution in [0.15, 0.2) is 0 Å². The smallest absolute Gasteiger partial charge is 0.0720 e. The Hall–Kier alpha value is -0.0800. The summed E-state index contributed by atoms with van der Waals surface area (Å²) in [7, 11) is 0. The van der Waals surface area contributed by atoms with Crippen LogP contribution in [0.4, 0.5) is 0 Å². The first-order valence-electron chi connectivity index (χ1n) is 7.75. The third kappa shape index (κ3) is 2.46. The second-order valence-electron chi connectivity index (χ2n) is 7.89. The molecule has 0 amide bonds. The van der Waals surface area contributed by atoms with E-state index in [0.717, 1.165) is 38.0 Å². The zero-order valence-electron chi connectivity index (χ0n) is 12.5. The molecule has 0 aromatic rings. The first-order chi connectivity index (χ1) is 8.33. The number of aliphatic hydroxyl groups is 1. The zero-order valence-corrected chi connectivity index (χ0v) is 12.5. The number of hydrogen-bond donors (Lipinski definition) is 2. The van der Waals surface area contributed by atoms with Gasteiger partial charge in [-0.2, -0.15) is 0 Å². The molecule has 0 radical (unpaired) electrons. The first kappa shape index (κ1) is 14.3. The highest BCUT2D eigenvalue weighted by molar-refractivity contribution is 5.05. The molecule has 18 heavy (non-hydrogen) atoms. The second kappa shape index (κ2) is 4.79. The summed E-state index contributed by atoms with van der Waals surface area (Å²) in [6.45, 7) is 7.58. The highest BCUT2D eigenvalue weighted by atomic mass is 16.3. The topological polar surface area (TPSA) is 46.2 Å². The molecule has 1 atom stereocenters. The number of hydrogen-bond acceptors (Lipinski definition) is 2. The Morgan fingerprint density at radius 1 is 1.11 bits per heavy atom. The molecule has 0 spiro atoms. The van der Waals surface area contributed by atoms with Crippen molar-refractivity contribution in [1.82, 2.24) is 0 Å². The minimum atomic E-state index is -0.510. The minimum absolute atomic E-state index is 0.00278. The monoisotopic (exact) mass is 253 g/mol. The third-order valence-corrected chi connectivity index (χ3v) is 5.82. The summed E-state index contributed by atoms with van der Waals surface area (Å²) in [5, 5.41) is 11.3. The van der Waals surface area contributed by atoms with Crippen molar-refractivity contribution in [3.05, 3.63) is 0 Å². The standard InChI is InChI=1S/C16H31NO/c1-13-5-9-15(12-17,10-6-13)16(18)8-4-7-14(2,3)11-16/h13,18H,4-12,17H2,1-3H3. The molecule has 2 nitrogen and oxygen atoms in total. The van der Waals surface area contributed by atoms with Crippen LogP contribution >= 0.6 is 0 Å². The molecule has 2 heteroatoms. The summed E-state index contributed by atoms with van der Waals surface area (Å²) in [5.41, 5.74) is 5.89. The van der Waals surface area contributed by atoms with E-state index >= 15 is 0 Å². The molecule has 0 aliphatic heterocycles. The van der Waals surface area contributed by atoms with Crippen molar-refractivity contribution >= 4 is 0 Å². The molecule has 0 saturated heterocycles. The molecule has 0 bridgehead atoms. The molecular formula is C16H31NO. The predicted octanol–water partition coefficient (Wildman–Crippen LogP) is 3.47. The van der Waals surface area contributed by atoms with Crippen LogP contribution in [0.25, 0.3) is 0 Å². The van der Waals surface area contributed by atoms with Crippen LogP contribution in [0.5, 0.6) is 0 Å². The van der Waals surface area contributed by atoms with Gasteiger partial charge in [-0.1, -0.05) is 40.0 Å². The summed E-state index contributed by atoms with van der Waals surface area (Å²) >= 11 is 0. The summed E-state index contributed by atoms with van der Waals surface area (Å²) in [6, 6.07) is 0. The van der Waals surface area contributed by atoms with Crippen LogP contribution in [0.3, 0.4) is 0 Å². The maximum atomic E-state index is 11.3. The van der Waals surface area contributed by atoms with Crippen molar-refractivity contribution < 1.29 is 5.11 Å². The van der Waals surface area contributed by atoms with Gasteiger partial charge in [-0.05, 0) is 43.4 Å². The molecule has 0 aromatic carbocycles. The molecule has 106 valence electrons. The lowest BCUT2D eigenvalue weighted by Crippen LogP contribution is -2.57. The highest BCUT2D eigenvalue weighted by Crippen LogP contribution is 2.54. The van der Waals surface area contributed by atoms with Gasteiger partial charge < -0.3 is 10.8 Å². The predicted molar refractivity (Wildman–Crippen MR) is 76.3 cm³/mol. The van der Waals surface area contributed by atoms with E-state index < -0.39 is 5.60 Å². The summed E-state index contributed by atoms with van der Waals surface area (Å²) in [6.07, 6.45) is 9.01. The van der Waals surface area contributed by atoms with Gasteiger partial charge in [0, 0.05) is 12.0 Å². The Labute approximate surface area is 112 Å². The summed E-state index contributed by atoms with van der Waals surface area (Å²) in [5.74, 6) is 0.810. The third-order valence-electron chi connectivity index (χ3n) is 5.82. The van der Waals surface area contributed by atoms with Gasteiger partial charge in [0.2, 0.25) is 0 Å². The highest BCUT2D eigenvalue weighted by Gasteiger charge is 2.53. The molecule has 0 heterocycles. The largest absolute Gasteiger partial charge is 0.389 e. The maximum Gasteiger partial charge on any atom is 0.0720 e.